The van der Waals surface area contributed by atoms with Crippen LogP contribution in [-0.4, -0.2) is 11.0 Å². The Bertz CT molecular complexity index is 1060. The van der Waals surface area contributed by atoms with Crippen molar-refractivity contribution in [2.45, 2.75) is 25.5 Å². The number of hydrogen-bond donors (Lipinski definition) is 1. The fourth-order valence-corrected chi connectivity index (χ4v) is 3.80. The minimum absolute atomic E-state index is 0.182. The zero-order chi connectivity index (χ0) is 18.8. The maximum atomic E-state index is 5.90. The average molecular weight is 367 g/mol. The summed E-state index contributed by atoms with van der Waals surface area (Å²) in [6, 6.07) is 19.7. The lowest BCUT2D eigenvalue weighted by Gasteiger charge is -2.22. The number of aliphatic imine (C=N–C) groups is 1. The zero-order valence-electron chi connectivity index (χ0n) is 15.5. The van der Waals surface area contributed by atoms with E-state index in [1.165, 1.54) is 11.1 Å². The quantitative estimate of drug-likeness (QED) is 0.689. The minimum atomic E-state index is 0.182. The smallest absolute Gasteiger partial charge is 0.290 e. The van der Waals surface area contributed by atoms with Crippen molar-refractivity contribution in [2.75, 3.05) is 5.32 Å². The van der Waals surface area contributed by atoms with Crippen LogP contribution in [0.25, 0.3) is 12.2 Å². The van der Waals surface area contributed by atoms with Crippen molar-refractivity contribution in [3.8, 4) is 0 Å². The molecule has 0 unspecified atom stereocenters. The van der Waals surface area contributed by atoms with Crippen LogP contribution < -0.4 is 5.32 Å². The van der Waals surface area contributed by atoms with Crippen molar-refractivity contribution in [1.29, 1.82) is 0 Å². The summed E-state index contributed by atoms with van der Waals surface area (Å²) >= 11 is 0. The number of ether oxygens (including phenoxy) is 1. The molecule has 0 amide bonds. The molecule has 0 spiro atoms. The summed E-state index contributed by atoms with van der Waals surface area (Å²) in [5.41, 5.74) is 7.15. The van der Waals surface area contributed by atoms with Gasteiger partial charge in [0, 0.05) is 23.6 Å². The van der Waals surface area contributed by atoms with Gasteiger partial charge in [0.05, 0.1) is 6.04 Å². The van der Waals surface area contributed by atoms with E-state index < -0.39 is 0 Å². The number of amidine groups is 1. The number of pyridine rings is 1. The van der Waals surface area contributed by atoms with Crippen LogP contribution in [0.15, 0.2) is 72.0 Å². The van der Waals surface area contributed by atoms with Gasteiger partial charge >= 0.3 is 0 Å². The number of nitrogens with one attached hydrogen (secondary N) is 1. The third-order valence-electron chi connectivity index (χ3n) is 5.26. The molecule has 0 saturated heterocycles. The number of nitrogens with zero attached hydrogens (tertiary/aromatic N) is 2. The van der Waals surface area contributed by atoms with Crippen molar-refractivity contribution in [3.63, 3.8) is 0 Å². The first-order valence-electron chi connectivity index (χ1n) is 9.62. The van der Waals surface area contributed by atoms with Crippen LogP contribution in [0.2, 0.25) is 0 Å². The van der Waals surface area contributed by atoms with Crippen molar-refractivity contribution in [3.05, 3.63) is 94.8 Å². The Balaban J connectivity index is 1.32. The maximum Gasteiger partial charge on any atom is 0.290 e. The van der Waals surface area contributed by atoms with Crippen LogP contribution in [0.4, 0.5) is 5.69 Å². The third-order valence-corrected chi connectivity index (χ3v) is 5.26. The van der Waals surface area contributed by atoms with Crippen LogP contribution >= 0.6 is 0 Å². The second-order valence-corrected chi connectivity index (χ2v) is 7.14. The number of aromatic nitrogens is 1. The fraction of sp³-hybridized carbons (Fsp3) is 0.167. The molecule has 1 aliphatic carbocycles. The number of aryl methyl sites for hydroxylation is 1. The van der Waals surface area contributed by atoms with Gasteiger partial charge in [0.15, 0.2) is 0 Å². The highest BCUT2D eigenvalue weighted by molar-refractivity contribution is 5.92. The van der Waals surface area contributed by atoms with Crippen molar-refractivity contribution < 1.29 is 4.74 Å². The second kappa shape index (κ2) is 7.31. The zero-order valence-corrected chi connectivity index (χ0v) is 15.5. The molecule has 4 heteroatoms. The first-order chi connectivity index (χ1) is 13.8. The predicted octanol–water partition coefficient (Wildman–Crippen LogP) is 5.24. The van der Waals surface area contributed by atoms with Gasteiger partial charge in [-0.15, -0.1) is 0 Å². The van der Waals surface area contributed by atoms with Gasteiger partial charge in [0.2, 0.25) is 0 Å². The molecule has 1 aromatic heterocycles. The molecular weight excluding hydrogens is 346 g/mol. The normalized spacial score (nSPS) is 19.1. The summed E-state index contributed by atoms with van der Waals surface area (Å²) in [6.45, 7) is 0.532. The van der Waals surface area contributed by atoms with E-state index in [1.807, 2.05) is 18.3 Å². The van der Waals surface area contributed by atoms with E-state index in [2.05, 4.69) is 64.9 Å². The maximum absolute atomic E-state index is 5.90. The summed E-state index contributed by atoms with van der Waals surface area (Å²) in [5.74, 6) is 0. The van der Waals surface area contributed by atoms with E-state index in [0.29, 0.717) is 12.6 Å². The van der Waals surface area contributed by atoms with E-state index in [1.54, 1.807) is 6.20 Å². The van der Waals surface area contributed by atoms with Crippen LogP contribution in [0, 0.1) is 0 Å². The molecule has 4 nitrogen and oxygen atoms in total. The highest BCUT2D eigenvalue weighted by Crippen LogP contribution is 2.34. The number of rotatable bonds is 3. The predicted molar refractivity (Wildman–Crippen MR) is 113 cm³/mol. The Morgan fingerprint density at radius 3 is 2.86 bits per heavy atom. The number of benzene rings is 2. The van der Waals surface area contributed by atoms with Gasteiger partial charge < -0.3 is 10.1 Å². The van der Waals surface area contributed by atoms with Crippen molar-refractivity contribution >= 4 is 23.9 Å². The standard InChI is InChI=1S/C24H21N3O/c1-2-6-21-19(5-1)10-12-23(21)27-24-26-22-11-9-17(14-20(22)16-28-24)7-8-18-4-3-13-25-15-18/h1-9,11,13-15,23H,10,12,16H2,(H,26,27)/b8-7+/t23-/m1/s1. The molecule has 138 valence electrons. The van der Waals surface area contributed by atoms with Crippen LogP contribution in [0.3, 0.4) is 0 Å². The number of fused-ring (bicyclic) bond motifs is 2. The Morgan fingerprint density at radius 1 is 1.00 bits per heavy atom. The summed E-state index contributed by atoms with van der Waals surface area (Å²) in [6.07, 6.45) is 9.92. The first kappa shape index (κ1) is 16.8. The minimum Gasteiger partial charge on any atom is -0.460 e. The molecule has 0 bridgehead atoms. The lowest BCUT2D eigenvalue weighted by molar-refractivity contribution is 0.282. The average Bonchev–Trinajstić information content (AvgIpc) is 3.16. The van der Waals surface area contributed by atoms with E-state index in [-0.39, 0.29) is 6.04 Å². The van der Waals surface area contributed by atoms with Gasteiger partial charge in [-0.2, -0.15) is 0 Å². The number of hydrogen-bond acceptors (Lipinski definition) is 3. The molecule has 2 heterocycles. The topological polar surface area (TPSA) is 46.5 Å². The third kappa shape index (κ3) is 3.41. The van der Waals surface area contributed by atoms with Crippen LogP contribution in [0.1, 0.15) is 40.3 Å². The Morgan fingerprint density at radius 2 is 1.93 bits per heavy atom. The van der Waals surface area contributed by atoms with E-state index in [4.69, 9.17) is 9.73 Å². The van der Waals surface area contributed by atoms with Gasteiger partial charge in [0.25, 0.3) is 6.02 Å². The molecule has 0 fully saturated rings. The molecule has 1 atom stereocenters. The second-order valence-electron chi connectivity index (χ2n) is 7.14. The Labute approximate surface area is 164 Å². The highest BCUT2D eigenvalue weighted by Gasteiger charge is 2.23. The molecule has 2 aromatic carbocycles. The monoisotopic (exact) mass is 367 g/mol. The van der Waals surface area contributed by atoms with E-state index >= 15 is 0 Å². The molecule has 5 rings (SSSR count). The van der Waals surface area contributed by atoms with E-state index in [9.17, 15) is 0 Å². The summed E-state index contributed by atoms with van der Waals surface area (Å²) in [4.78, 5) is 8.97. The van der Waals surface area contributed by atoms with E-state index in [0.717, 1.165) is 35.2 Å². The van der Waals surface area contributed by atoms with Crippen molar-refractivity contribution in [2.24, 2.45) is 4.99 Å². The molecule has 0 saturated carbocycles. The first-order valence-corrected chi connectivity index (χ1v) is 9.62. The van der Waals surface area contributed by atoms with Crippen LogP contribution in [-0.2, 0) is 17.8 Å². The summed E-state index contributed by atoms with van der Waals surface area (Å²) in [7, 11) is 0. The van der Waals surface area contributed by atoms with Gasteiger partial charge in [0.1, 0.15) is 6.61 Å². The van der Waals surface area contributed by atoms with Gasteiger partial charge in [-0.1, -0.05) is 48.6 Å². The largest absolute Gasteiger partial charge is 0.460 e. The Hall–Kier alpha value is -3.40. The molecule has 3 aromatic rings. The SMILES string of the molecule is C(=C\c1ccc2c(c1)COC(=N[C@@H]1CCc3ccccc31)N2)/c1cccnc1. The summed E-state index contributed by atoms with van der Waals surface area (Å²) in [5, 5.41) is 3.35. The molecule has 1 aliphatic heterocycles. The van der Waals surface area contributed by atoms with Gasteiger partial charge in [-0.05, 0) is 53.3 Å². The molecule has 28 heavy (non-hydrogen) atoms. The molecule has 1 N–H and O–H groups in total. The lowest BCUT2D eigenvalue weighted by atomic mass is 10.1. The lowest BCUT2D eigenvalue weighted by Crippen LogP contribution is -2.23. The number of anilines is 1. The highest BCUT2D eigenvalue weighted by atomic mass is 16.5. The van der Waals surface area contributed by atoms with Gasteiger partial charge in [-0.3, -0.25) is 4.98 Å². The van der Waals surface area contributed by atoms with Crippen LogP contribution in [0.5, 0.6) is 0 Å². The summed E-state index contributed by atoms with van der Waals surface area (Å²) < 4.78 is 5.90. The Kier molecular flexibility index (Phi) is 4.37. The van der Waals surface area contributed by atoms with Gasteiger partial charge in [-0.25, -0.2) is 4.99 Å². The molecule has 0 radical (unpaired) electrons. The molecular formula is C24H21N3O. The fourth-order valence-electron chi connectivity index (χ4n) is 3.80. The van der Waals surface area contributed by atoms with Crippen molar-refractivity contribution in [1.82, 2.24) is 4.98 Å². The molecule has 2 aliphatic rings.